The lowest BCUT2D eigenvalue weighted by Crippen LogP contribution is -2.10. The van der Waals surface area contributed by atoms with Gasteiger partial charge in [-0.25, -0.2) is 0 Å². The molecule has 0 spiro atoms. The Morgan fingerprint density at radius 3 is 2.18 bits per heavy atom. The number of Topliss-reactive ketones (excluding diaryl/α,β-unsaturated/α-hetero) is 1. The molecule has 0 aromatic heterocycles. The van der Waals surface area contributed by atoms with Gasteiger partial charge in [-0.05, 0) is 36.3 Å². The number of hydrogen-bond donors (Lipinski definition) is 1. The van der Waals surface area contributed by atoms with Crippen molar-refractivity contribution in [2.24, 2.45) is 5.92 Å². The molecule has 1 atom stereocenters. The van der Waals surface area contributed by atoms with Gasteiger partial charge in [0, 0.05) is 12.3 Å². The fraction of sp³-hybridized carbons (Fsp3) is 0.588. The molecule has 0 bridgehead atoms. The van der Waals surface area contributed by atoms with Crippen LogP contribution in [0, 0.1) is 5.92 Å². The average Bonchev–Trinajstić information content (AvgIpc) is 2.41. The Hall–Kier alpha value is -1.20. The van der Waals surface area contributed by atoms with E-state index in [1.165, 1.54) is 5.56 Å². The molecule has 0 radical (unpaired) electrons. The van der Waals surface area contributed by atoms with Crippen molar-refractivity contribution >= 4 is 15.9 Å². The standard InChI is InChI=1S/C17H26O4S/c1-13(2)12-15-7-9-16(10-8-15)14(3)17(18)6-4-5-11-22(19,20)21/h7-10,13-14H,4-6,11-12H2,1-3H3,(H,19,20,21). The maximum absolute atomic E-state index is 12.1. The number of carbonyl (C=O) groups excluding carboxylic acids is 1. The van der Waals surface area contributed by atoms with Crippen LogP contribution in [0.25, 0.3) is 0 Å². The van der Waals surface area contributed by atoms with Crippen LogP contribution in [0.4, 0.5) is 0 Å². The molecule has 1 N–H and O–H groups in total. The van der Waals surface area contributed by atoms with Crippen LogP contribution in [0.1, 0.15) is 57.1 Å². The van der Waals surface area contributed by atoms with E-state index in [0.717, 1.165) is 12.0 Å². The van der Waals surface area contributed by atoms with E-state index in [4.69, 9.17) is 4.55 Å². The van der Waals surface area contributed by atoms with Crippen molar-refractivity contribution in [2.75, 3.05) is 5.75 Å². The molecule has 0 saturated heterocycles. The number of unbranched alkanes of at least 4 members (excludes halogenated alkanes) is 1. The summed E-state index contributed by atoms with van der Waals surface area (Å²) in [7, 11) is -3.92. The summed E-state index contributed by atoms with van der Waals surface area (Å²) in [6.07, 6.45) is 2.15. The summed E-state index contributed by atoms with van der Waals surface area (Å²) in [5, 5.41) is 0. The fourth-order valence-corrected chi connectivity index (χ4v) is 2.97. The third-order valence-electron chi connectivity index (χ3n) is 3.68. The van der Waals surface area contributed by atoms with Gasteiger partial charge in [0.25, 0.3) is 10.1 Å². The molecule has 1 aromatic rings. The van der Waals surface area contributed by atoms with E-state index in [1.54, 1.807) is 0 Å². The Kier molecular flexibility index (Phi) is 7.23. The second-order valence-corrected chi connectivity index (χ2v) is 7.84. The van der Waals surface area contributed by atoms with Gasteiger partial charge in [0.15, 0.2) is 0 Å². The van der Waals surface area contributed by atoms with Gasteiger partial charge < -0.3 is 0 Å². The highest BCUT2D eigenvalue weighted by Crippen LogP contribution is 2.20. The van der Waals surface area contributed by atoms with Gasteiger partial charge in [0.05, 0.1) is 5.75 Å². The molecule has 124 valence electrons. The Bertz CT molecular complexity index is 573. The molecule has 0 fully saturated rings. The largest absolute Gasteiger partial charge is 0.299 e. The van der Waals surface area contributed by atoms with Crippen molar-refractivity contribution in [2.45, 2.75) is 52.4 Å². The van der Waals surface area contributed by atoms with Crippen molar-refractivity contribution in [1.29, 1.82) is 0 Å². The van der Waals surface area contributed by atoms with E-state index in [1.807, 2.05) is 19.1 Å². The zero-order valence-electron chi connectivity index (χ0n) is 13.6. The normalized spacial score (nSPS) is 13.3. The molecule has 0 amide bonds. The maximum atomic E-state index is 12.1. The minimum absolute atomic E-state index is 0.104. The van der Waals surface area contributed by atoms with E-state index in [9.17, 15) is 13.2 Å². The van der Waals surface area contributed by atoms with Gasteiger partial charge in [-0.1, -0.05) is 45.0 Å². The van der Waals surface area contributed by atoms with Gasteiger partial charge >= 0.3 is 0 Å². The number of ketones is 1. The van der Waals surface area contributed by atoms with E-state index < -0.39 is 10.1 Å². The summed E-state index contributed by atoms with van der Waals surface area (Å²) in [5.74, 6) is 0.247. The molecule has 1 rings (SSSR count). The van der Waals surface area contributed by atoms with Gasteiger partial charge in [0.2, 0.25) is 0 Å². The molecular weight excluding hydrogens is 300 g/mol. The SMILES string of the molecule is CC(C)Cc1ccc(C(C)C(=O)CCCCS(=O)(=O)O)cc1. The van der Waals surface area contributed by atoms with Crippen LogP contribution < -0.4 is 0 Å². The predicted octanol–water partition coefficient (Wildman–Crippen LogP) is 3.62. The van der Waals surface area contributed by atoms with Gasteiger partial charge in [-0.15, -0.1) is 0 Å². The first kappa shape index (κ1) is 18.8. The van der Waals surface area contributed by atoms with Crippen LogP contribution in [-0.2, 0) is 21.3 Å². The van der Waals surface area contributed by atoms with E-state index in [0.29, 0.717) is 25.2 Å². The minimum Gasteiger partial charge on any atom is -0.299 e. The first-order valence-electron chi connectivity index (χ1n) is 7.75. The first-order chi connectivity index (χ1) is 10.2. The van der Waals surface area contributed by atoms with Crippen molar-refractivity contribution in [1.82, 2.24) is 0 Å². The summed E-state index contributed by atoms with van der Waals surface area (Å²) < 4.78 is 29.9. The summed E-state index contributed by atoms with van der Waals surface area (Å²) >= 11 is 0. The zero-order valence-corrected chi connectivity index (χ0v) is 14.4. The Labute approximate surface area is 133 Å². The van der Waals surface area contributed by atoms with Crippen LogP contribution in [0.2, 0.25) is 0 Å². The van der Waals surface area contributed by atoms with Gasteiger partial charge in [0.1, 0.15) is 5.78 Å². The van der Waals surface area contributed by atoms with Crippen molar-refractivity contribution in [3.05, 3.63) is 35.4 Å². The van der Waals surface area contributed by atoms with E-state index >= 15 is 0 Å². The molecule has 22 heavy (non-hydrogen) atoms. The zero-order chi connectivity index (χ0) is 16.8. The molecule has 1 unspecified atom stereocenters. The van der Waals surface area contributed by atoms with E-state index in [2.05, 4.69) is 26.0 Å². The molecule has 0 heterocycles. The van der Waals surface area contributed by atoms with Crippen LogP contribution in [0.5, 0.6) is 0 Å². The lowest BCUT2D eigenvalue weighted by atomic mass is 9.92. The lowest BCUT2D eigenvalue weighted by Gasteiger charge is -2.12. The topological polar surface area (TPSA) is 71.4 Å². The summed E-state index contributed by atoms with van der Waals surface area (Å²) in [6.45, 7) is 6.22. The predicted molar refractivity (Wildman–Crippen MR) is 88.7 cm³/mol. The highest BCUT2D eigenvalue weighted by atomic mass is 32.2. The molecule has 4 nitrogen and oxygen atoms in total. The highest BCUT2D eigenvalue weighted by Gasteiger charge is 2.15. The molecule has 0 aliphatic heterocycles. The third-order valence-corrected chi connectivity index (χ3v) is 4.49. The third kappa shape index (κ3) is 7.18. The van der Waals surface area contributed by atoms with E-state index in [-0.39, 0.29) is 17.5 Å². The van der Waals surface area contributed by atoms with Gasteiger partial charge in [-0.3, -0.25) is 9.35 Å². The lowest BCUT2D eigenvalue weighted by molar-refractivity contribution is -0.120. The van der Waals surface area contributed by atoms with Crippen molar-refractivity contribution in [3.63, 3.8) is 0 Å². The molecular formula is C17H26O4S. The van der Waals surface area contributed by atoms with Crippen molar-refractivity contribution in [3.8, 4) is 0 Å². The first-order valence-corrected chi connectivity index (χ1v) is 9.36. The highest BCUT2D eigenvalue weighted by molar-refractivity contribution is 7.85. The maximum Gasteiger partial charge on any atom is 0.264 e. The Morgan fingerprint density at radius 2 is 1.68 bits per heavy atom. The van der Waals surface area contributed by atoms with Crippen LogP contribution in [0.3, 0.4) is 0 Å². The molecule has 0 saturated carbocycles. The molecule has 5 heteroatoms. The molecule has 1 aromatic carbocycles. The molecule has 0 aliphatic carbocycles. The number of rotatable bonds is 9. The average molecular weight is 326 g/mol. The number of benzene rings is 1. The van der Waals surface area contributed by atoms with Crippen LogP contribution in [0.15, 0.2) is 24.3 Å². The molecule has 0 aliphatic rings. The second kappa shape index (κ2) is 8.44. The fourth-order valence-electron chi connectivity index (χ4n) is 2.40. The van der Waals surface area contributed by atoms with Crippen LogP contribution >= 0.6 is 0 Å². The summed E-state index contributed by atoms with van der Waals surface area (Å²) in [4.78, 5) is 12.1. The minimum atomic E-state index is -3.92. The smallest absolute Gasteiger partial charge is 0.264 e. The van der Waals surface area contributed by atoms with Gasteiger partial charge in [-0.2, -0.15) is 8.42 Å². The summed E-state index contributed by atoms with van der Waals surface area (Å²) in [6, 6.07) is 8.13. The van der Waals surface area contributed by atoms with Crippen molar-refractivity contribution < 1.29 is 17.8 Å². The second-order valence-electron chi connectivity index (χ2n) is 6.27. The quantitative estimate of drug-likeness (QED) is 0.556. The Morgan fingerprint density at radius 1 is 1.09 bits per heavy atom. The van der Waals surface area contributed by atoms with Crippen LogP contribution in [-0.4, -0.2) is 24.5 Å². The Balaban J connectivity index is 2.49. The number of hydrogen-bond acceptors (Lipinski definition) is 3. The summed E-state index contributed by atoms with van der Waals surface area (Å²) in [5.41, 5.74) is 2.26. The monoisotopic (exact) mass is 326 g/mol. The number of carbonyl (C=O) groups is 1.